The first kappa shape index (κ1) is 24.5. The fourth-order valence-corrected chi connectivity index (χ4v) is 3.16. The van der Waals surface area contributed by atoms with Gasteiger partial charge in [0.15, 0.2) is 0 Å². The lowest BCUT2D eigenvalue weighted by molar-refractivity contribution is -0.289. The Labute approximate surface area is 186 Å². The van der Waals surface area contributed by atoms with Crippen LogP contribution in [0.5, 0.6) is 0 Å². The lowest BCUT2D eigenvalue weighted by atomic mass is 10.0. The normalized spacial score (nSPS) is 15.2. The number of ether oxygens (including phenoxy) is 1. The van der Waals surface area contributed by atoms with E-state index < -0.39 is 35.3 Å². The summed E-state index contributed by atoms with van der Waals surface area (Å²) in [6.45, 7) is 5.46. The first-order valence-electron chi connectivity index (χ1n) is 10.0. The van der Waals surface area contributed by atoms with Crippen LogP contribution >= 0.6 is 0 Å². The van der Waals surface area contributed by atoms with Crippen molar-refractivity contribution in [1.29, 1.82) is 0 Å². The molecule has 3 rings (SSSR count). The Morgan fingerprint density at radius 3 is 2.39 bits per heavy atom. The minimum absolute atomic E-state index is 0.00790. The average Bonchev–Trinajstić information content (AvgIpc) is 2.65. The summed E-state index contributed by atoms with van der Waals surface area (Å²) in [5.74, 6) is -5.50. The highest BCUT2D eigenvalue weighted by molar-refractivity contribution is 5.93. The molecule has 2 aromatic rings. The third-order valence-corrected chi connectivity index (χ3v) is 4.80. The number of carbonyl (C=O) groups excluding carboxylic acids is 2. The van der Waals surface area contributed by atoms with Crippen LogP contribution in [0.25, 0.3) is 10.8 Å². The molecule has 0 atom stereocenters. The summed E-state index contributed by atoms with van der Waals surface area (Å²) >= 11 is 0. The minimum Gasteiger partial charge on any atom is -0.444 e. The monoisotopic (exact) mass is 474 g/mol. The quantitative estimate of drug-likeness (QED) is 0.640. The van der Waals surface area contributed by atoms with Crippen molar-refractivity contribution in [1.82, 2.24) is 15.2 Å². The summed E-state index contributed by atoms with van der Waals surface area (Å²) in [4.78, 5) is 29.5. The number of benzene rings is 1. The fourth-order valence-electron chi connectivity index (χ4n) is 3.16. The van der Waals surface area contributed by atoms with Crippen LogP contribution in [0.15, 0.2) is 30.5 Å². The van der Waals surface area contributed by atoms with Crippen molar-refractivity contribution in [2.24, 2.45) is 0 Å². The second-order valence-corrected chi connectivity index (χ2v) is 8.67. The second-order valence-electron chi connectivity index (χ2n) is 8.67. The highest BCUT2D eigenvalue weighted by Gasteiger charge is 2.58. The van der Waals surface area contributed by atoms with E-state index in [0.29, 0.717) is 17.5 Å². The topological polar surface area (TPSA) is 83.6 Å². The lowest BCUT2D eigenvalue weighted by Crippen LogP contribution is -2.62. The summed E-state index contributed by atoms with van der Waals surface area (Å²) in [6.07, 6.45) is -4.89. The maximum atomic E-state index is 13.7. The van der Waals surface area contributed by atoms with Gasteiger partial charge >= 0.3 is 18.2 Å². The molecule has 0 bridgehead atoms. The molecule has 1 saturated heterocycles. The van der Waals surface area contributed by atoms with Gasteiger partial charge in [-0.2, -0.15) is 22.0 Å². The van der Waals surface area contributed by atoms with E-state index >= 15 is 0 Å². The van der Waals surface area contributed by atoms with Gasteiger partial charge in [-0.25, -0.2) is 9.78 Å². The van der Waals surface area contributed by atoms with Crippen molar-refractivity contribution in [2.75, 3.05) is 25.0 Å². The number of aromatic nitrogens is 1. The maximum absolute atomic E-state index is 13.7. The molecule has 0 spiro atoms. The van der Waals surface area contributed by atoms with Gasteiger partial charge in [-0.1, -0.05) is 12.1 Å². The van der Waals surface area contributed by atoms with Crippen LogP contribution in [0.3, 0.4) is 0 Å². The second kappa shape index (κ2) is 8.64. The molecule has 7 nitrogen and oxygen atoms in total. The Kier molecular flexibility index (Phi) is 6.40. The molecule has 1 aromatic carbocycles. The Morgan fingerprint density at radius 2 is 1.79 bits per heavy atom. The van der Waals surface area contributed by atoms with E-state index in [1.165, 1.54) is 17.2 Å². The zero-order chi connectivity index (χ0) is 24.6. The number of nitrogens with zero attached hydrogens (tertiary/aromatic N) is 2. The molecule has 180 valence electrons. The van der Waals surface area contributed by atoms with E-state index in [-0.39, 0.29) is 36.9 Å². The first-order valence-corrected chi connectivity index (χ1v) is 10.0. The number of anilines is 1. The Balaban J connectivity index is 1.61. The molecule has 0 unspecified atom stereocenters. The van der Waals surface area contributed by atoms with Crippen LogP contribution in [0.1, 0.15) is 26.3 Å². The summed E-state index contributed by atoms with van der Waals surface area (Å²) in [6, 6.07) is 3.72. The Morgan fingerprint density at radius 1 is 1.12 bits per heavy atom. The fraction of sp³-hybridized carbons (Fsp3) is 0.476. The van der Waals surface area contributed by atoms with Crippen molar-refractivity contribution in [3.05, 3.63) is 36.0 Å². The zero-order valence-corrected chi connectivity index (χ0v) is 18.1. The molecule has 1 aliphatic rings. The third-order valence-electron chi connectivity index (χ3n) is 4.80. The van der Waals surface area contributed by atoms with Gasteiger partial charge in [-0.3, -0.25) is 4.79 Å². The Hall–Kier alpha value is -3.18. The van der Waals surface area contributed by atoms with Gasteiger partial charge in [-0.05, 0) is 38.3 Å². The van der Waals surface area contributed by atoms with Crippen molar-refractivity contribution in [3.8, 4) is 0 Å². The van der Waals surface area contributed by atoms with Gasteiger partial charge in [0.1, 0.15) is 11.4 Å². The molecule has 1 fully saturated rings. The zero-order valence-electron chi connectivity index (χ0n) is 18.1. The van der Waals surface area contributed by atoms with E-state index in [9.17, 15) is 31.5 Å². The van der Waals surface area contributed by atoms with Crippen molar-refractivity contribution < 1.29 is 36.3 Å². The Bertz CT molecular complexity index is 1050. The van der Waals surface area contributed by atoms with Gasteiger partial charge < -0.3 is 20.3 Å². The lowest BCUT2D eigenvalue weighted by Gasteiger charge is -2.39. The molecule has 33 heavy (non-hydrogen) atoms. The summed E-state index contributed by atoms with van der Waals surface area (Å²) in [5.41, 5.74) is -1.86. The van der Waals surface area contributed by atoms with Crippen molar-refractivity contribution >= 4 is 28.6 Å². The SMILES string of the molecule is CC(C)(C)OC(=O)N1CC(NC(=O)CNc2nccc3ccc(C(F)(F)C(F)(F)F)cc23)C1. The molecule has 2 heterocycles. The third kappa shape index (κ3) is 5.60. The van der Waals surface area contributed by atoms with E-state index in [1.54, 1.807) is 20.8 Å². The van der Waals surface area contributed by atoms with Crippen LogP contribution in [-0.2, 0) is 15.5 Å². The number of pyridine rings is 1. The predicted molar refractivity (Wildman–Crippen MR) is 110 cm³/mol. The van der Waals surface area contributed by atoms with Crippen LogP contribution < -0.4 is 10.6 Å². The number of amides is 2. The molecule has 12 heteroatoms. The van der Waals surface area contributed by atoms with Crippen LogP contribution in [0.2, 0.25) is 0 Å². The maximum Gasteiger partial charge on any atom is 0.458 e. The highest BCUT2D eigenvalue weighted by Crippen LogP contribution is 2.44. The summed E-state index contributed by atoms with van der Waals surface area (Å²) < 4.78 is 70.9. The number of halogens is 5. The first-order chi connectivity index (χ1) is 15.2. The average molecular weight is 474 g/mol. The van der Waals surface area contributed by atoms with E-state index in [4.69, 9.17) is 4.74 Å². The molecule has 2 N–H and O–H groups in total. The number of hydrogen-bond acceptors (Lipinski definition) is 5. The van der Waals surface area contributed by atoms with Gasteiger partial charge in [-0.15, -0.1) is 0 Å². The van der Waals surface area contributed by atoms with Gasteiger partial charge in [0.25, 0.3) is 0 Å². The van der Waals surface area contributed by atoms with Crippen molar-refractivity contribution in [2.45, 2.75) is 44.5 Å². The minimum atomic E-state index is -5.74. The number of likely N-dealkylation sites (tertiary alicyclic amines) is 1. The molecule has 2 amide bonds. The molecule has 0 saturated carbocycles. The predicted octanol–water partition coefficient (Wildman–Crippen LogP) is 4.04. The molecule has 0 radical (unpaired) electrons. The van der Waals surface area contributed by atoms with Crippen LogP contribution in [0.4, 0.5) is 32.6 Å². The molecule has 1 aliphatic heterocycles. The van der Waals surface area contributed by atoms with Crippen LogP contribution in [0, 0.1) is 0 Å². The van der Waals surface area contributed by atoms with E-state index in [0.717, 1.165) is 6.07 Å². The summed E-state index contributed by atoms with van der Waals surface area (Å²) in [7, 11) is 0. The number of fused-ring (bicyclic) bond motifs is 1. The smallest absolute Gasteiger partial charge is 0.444 e. The highest BCUT2D eigenvalue weighted by atomic mass is 19.4. The number of hydrogen-bond donors (Lipinski definition) is 2. The summed E-state index contributed by atoms with van der Waals surface area (Å²) in [5, 5.41) is 5.76. The number of alkyl halides is 5. The number of rotatable bonds is 5. The molecular formula is C21H23F5N4O3. The van der Waals surface area contributed by atoms with Gasteiger partial charge in [0, 0.05) is 30.2 Å². The van der Waals surface area contributed by atoms with Crippen LogP contribution in [-0.4, -0.2) is 59.3 Å². The molecule has 1 aromatic heterocycles. The standard InChI is InChI=1S/C21H23F5N4O3/c1-19(2,3)33-18(32)30-10-14(11-30)29-16(31)9-28-17-15-8-13(20(22,23)21(24,25)26)5-4-12(15)6-7-27-17/h4-8,14H,9-11H2,1-3H3,(H,27,28)(H,29,31). The number of nitrogens with one attached hydrogen (secondary N) is 2. The largest absolute Gasteiger partial charge is 0.458 e. The number of carbonyl (C=O) groups is 2. The van der Waals surface area contributed by atoms with Crippen molar-refractivity contribution in [3.63, 3.8) is 0 Å². The van der Waals surface area contributed by atoms with E-state index in [1.807, 2.05) is 0 Å². The van der Waals surface area contributed by atoms with Gasteiger partial charge in [0.05, 0.1) is 12.6 Å². The van der Waals surface area contributed by atoms with Gasteiger partial charge in [0.2, 0.25) is 5.91 Å². The molecular weight excluding hydrogens is 451 g/mol. The van der Waals surface area contributed by atoms with E-state index in [2.05, 4.69) is 15.6 Å². The molecule has 0 aliphatic carbocycles.